The van der Waals surface area contributed by atoms with E-state index in [2.05, 4.69) is 45.1 Å². The lowest BCUT2D eigenvalue weighted by Gasteiger charge is -2.24. The maximum atomic E-state index is 5.37. The van der Waals surface area contributed by atoms with Crippen molar-refractivity contribution in [3.05, 3.63) is 28.8 Å². The first-order valence-corrected chi connectivity index (χ1v) is 6.31. The Bertz CT molecular complexity index is 371. The summed E-state index contributed by atoms with van der Waals surface area (Å²) in [5, 5.41) is 3.29. The van der Waals surface area contributed by atoms with Crippen molar-refractivity contribution in [1.82, 2.24) is 5.32 Å². The molecule has 1 aromatic carbocycles. The molecule has 0 aliphatic rings. The van der Waals surface area contributed by atoms with Gasteiger partial charge in [-0.15, -0.1) is 0 Å². The highest BCUT2D eigenvalue weighted by molar-refractivity contribution is 5.45. The Morgan fingerprint density at radius 1 is 1.18 bits per heavy atom. The smallest absolute Gasteiger partial charge is 0.122 e. The normalized spacial score (nSPS) is 12.9. The van der Waals surface area contributed by atoms with Crippen molar-refractivity contribution in [3.63, 3.8) is 0 Å². The minimum atomic E-state index is 0.560. The summed E-state index contributed by atoms with van der Waals surface area (Å²) in [6.07, 6.45) is 0. The van der Waals surface area contributed by atoms with Crippen LogP contribution in [0.2, 0.25) is 0 Å². The number of hydrogen-bond acceptors (Lipinski definition) is 2. The van der Waals surface area contributed by atoms with Crippen LogP contribution in [0.1, 0.15) is 36.5 Å². The van der Waals surface area contributed by atoms with Gasteiger partial charge < -0.3 is 10.1 Å². The molecule has 17 heavy (non-hydrogen) atoms. The quantitative estimate of drug-likeness (QED) is 0.845. The molecule has 0 aromatic heterocycles. The fourth-order valence-electron chi connectivity index (χ4n) is 2.36. The highest BCUT2D eigenvalue weighted by Crippen LogP contribution is 2.32. The second-order valence-electron chi connectivity index (χ2n) is 5.02. The Hall–Kier alpha value is -1.02. The maximum Gasteiger partial charge on any atom is 0.122 e. The second kappa shape index (κ2) is 6.06. The zero-order chi connectivity index (χ0) is 13.0. The van der Waals surface area contributed by atoms with Gasteiger partial charge in [-0.05, 0) is 55.5 Å². The molecular weight excluding hydrogens is 210 g/mol. The Balaban J connectivity index is 3.16. The largest absolute Gasteiger partial charge is 0.496 e. The first kappa shape index (κ1) is 14.0. The summed E-state index contributed by atoms with van der Waals surface area (Å²) in [4.78, 5) is 0. The molecule has 1 N–H and O–H groups in total. The van der Waals surface area contributed by atoms with Crippen LogP contribution in [0.15, 0.2) is 12.1 Å². The molecule has 1 aromatic rings. The number of nitrogens with one attached hydrogen (secondary N) is 1. The standard InChI is InChI=1S/C15H25NO/c1-10(2)14(9-16-5)13-7-8-15(17-6)12(4)11(13)3/h7-8,10,14,16H,9H2,1-6H3. The molecule has 0 fully saturated rings. The Morgan fingerprint density at radius 3 is 2.29 bits per heavy atom. The Labute approximate surface area is 105 Å². The van der Waals surface area contributed by atoms with Crippen LogP contribution in [-0.2, 0) is 0 Å². The summed E-state index contributed by atoms with van der Waals surface area (Å²) in [7, 11) is 3.75. The third kappa shape index (κ3) is 3.01. The monoisotopic (exact) mass is 235 g/mol. The van der Waals surface area contributed by atoms with Crippen LogP contribution < -0.4 is 10.1 Å². The fourth-order valence-corrected chi connectivity index (χ4v) is 2.36. The van der Waals surface area contributed by atoms with Crippen molar-refractivity contribution in [1.29, 1.82) is 0 Å². The number of benzene rings is 1. The van der Waals surface area contributed by atoms with Gasteiger partial charge >= 0.3 is 0 Å². The number of likely N-dealkylation sites (N-methyl/N-ethyl adjacent to an activating group) is 1. The van der Waals surface area contributed by atoms with Crippen molar-refractivity contribution >= 4 is 0 Å². The molecule has 2 heteroatoms. The molecule has 0 heterocycles. The second-order valence-corrected chi connectivity index (χ2v) is 5.02. The van der Waals surface area contributed by atoms with Crippen LogP contribution in [0.5, 0.6) is 5.75 Å². The summed E-state index contributed by atoms with van der Waals surface area (Å²) in [6.45, 7) is 9.90. The highest BCUT2D eigenvalue weighted by atomic mass is 16.5. The van der Waals surface area contributed by atoms with Gasteiger partial charge in [-0.25, -0.2) is 0 Å². The van der Waals surface area contributed by atoms with Crippen LogP contribution in [0.3, 0.4) is 0 Å². The molecule has 1 unspecified atom stereocenters. The van der Waals surface area contributed by atoms with E-state index >= 15 is 0 Å². The van der Waals surface area contributed by atoms with Crippen LogP contribution in [0.25, 0.3) is 0 Å². The van der Waals surface area contributed by atoms with Crippen molar-refractivity contribution in [2.45, 2.75) is 33.6 Å². The van der Waals surface area contributed by atoms with Gasteiger partial charge in [0.1, 0.15) is 5.75 Å². The van der Waals surface area contributed by atoms with Crippen molar-refractivity contribution in [3.8, 4) is 5.75 Å². The lowest BCUT2D eigenvalue weighted by molar-refractivity contribution is 0.410. The van der Waals surface area contributed by atoms with Gasteiger partial charge in [0.2, 0.25) is 0 Å². The molecule has 96 valence electrons. The summed E-state index contributed by atoms with van der Waals surface area (Å²) in [5.41, 5.74) is 4.05. The molecule has 1 rings (SSSR count). The average molecular weight is 235 g/mol. The minimum Gasteiger partial charge on any atom is -0.496 e. The van der Waals surface area contributed by atoms with E-state index in [1.165, 1.54) is 16.7 Å². The Kier molecular flexibility index (Phi) is 5.01. The van der Waals surface area contributed by atoms with Gasteiger partial charge in [0, 0.05) is 6.54 Å². The summed E-state index contributed by atoms with van der Waals surface area (Å²) in [5.74, 6) is 2.18. The van der Waals surface area contributed by atoms with E-state index in [-0.39, 0.29) is 0 Å². The van der Waals surface area contributed by atoms with Crippen molar-refractivity contribution < 1.29 is 4.74 Å². The number of methoxy groups -OCH3 is 1. The summed E-state index contributed by atoms with van der Waals surface area (Å²) < 4.78 is 5.37. The number of hydrogen-bond donors (Lipinski definition) is 1. The molecule has 0 bridgehead atoms. The van der Waals surface area contributed by atoms with E-state index < -0.39 is 0 Å². The molecule has 1 atom stereocenters. The van der Waals surface area contributed by atoms with Gasteiger partial charge in [-0.2, -0.15) is 0 Å². The topological polar surface area (TPSA) is 21.3 Å². The van der Waals surface area contributed by atoms with E-state index in [0.29, 0.717) is 11.8 Å². The van der Waals surface area contributed by atoms with Crippen LogP contribution in [0, 0.1) is 19.8 Å². The van der Waals surface area contributed by atoms with E-state index in [1.54, 1.807) is 7.11 Å². The van der Waals surface area contributed by atoms with E-state index in [1.807, 2.05) is 7.05 Å². The van der Waals surface area contributed by atoms with Gasteiger partial charge in [0.05, 0.1) is 7.11 Å². The van der Waals surface area contributed by atoms with Crippen LogP contribution in [0.4, 0.5) is 0 Å². The summed E-state index contributed by atoms with van der Waals surface area (Å²) >= 11 is 0. The molecule has 2 nitrogen and oxygen atoms in total. The number of rotatable bonds is 5. The zero-order valence-corrected chi connectivity index (χ0v) is 11.9. The van der Waals surface area contributed by atoms with Crippen molar-refractivity contribution in [2.75, 3.05) is 20.7 Å². The van der Waals surface area contributed by atoms with E-state index in [0.717, 1.165) is 12.3 Å². The first-order valence-electron chi connectivity index (χ1n) is 6.31. The van der Waals surface area contributed by atoms with E-state index in [4.69, 9.17) is 4.74 Å². The molecule has 0 saturated carbocycles. The SMILES string of the molecule is CNCC(c1ccc(OC)c(C)c1C)C(C)C. The van der Waals surface area contributed by atoms with Gasteiger partial charge in [0.15, 0.2) is 0 Å². The predicted octanol–water partition coefficient (Wildman–Crippen LogP) is 3.27. The fraction of sp³-hybridized carbons (Fsp3) is 0.600. The molecule has 0 spiro atoms. The molecule has 0 aliphatic carbocycles. The highest BCUT2D eigenvalue weighted by Gasteiger charge is 2.18. The predicted molar refractivity (Wildman–Crippen MR) is 74.0 cm³/mol. The summed E-state index contributed by atoms with van der Waals surface area (Å²) in [6, 6.07) is 4.30. The Morgan fingerprint density at radius 2 is 1.82 bits per heavy atom. The zero-order valence-electron chi connectivity index (χ0n) is 11.9. The third-order valence-electron chi connectivity index (χ3n) is 3.63. The first-order chi connectivity index (χ1) is 8.02. The average Bonchev–Trinajstić information content (AvgIpc) is 2.30. The lowest BCUT2D eigenvalue weighted by Crippen LogP contribution is -2.22. The van der Waals surface area contributed by atoms with Crippen LogP contribution >= 0.6 is 0 Å². The molecule has 0 aliphatic heterocycles. The van der Waals surface area contributed by atoms with Gasteiger partial charge in [0.25, 0.3) is 0 Å². The van der Waals surface area contributed by atoms with Crippen LogP contribution in [-0.4, -0.2) is 20.7 Å². The van der Waals surface area contributed by atoms with Gasteiger partial charge in [-0.3, -0.25) is 0 Å². The lowest BCUT2D eigenvalue weighted by atomic mass is 9.84. The molecule has 0 saturated heterocycles. The third-order valence-corrected chi connectivity index (χ3v) is 3.63. The number of ether oxygens (including phenoxy) is 1. The van der Waals surface area contributed by atoms with Crippen molar-refractivity contribution in [2.24, 2.45) is 5.92 Å². The maximum absolute atomic E-state index is 5.37. The van der Waals surface area contributed by atoms with Gasteiger partial charge in [-0.1, -0.05) is 19.9 Å². The molecule has 0 radical (unpaired) electrons. The van der Waals surface area contributed by atoms with E-state index in [9.17, 15) is 0 Å². The molecule has 0 amide bonds. The minimum absolute atomic E-state index is 0.560. The molecular formula is C15H25NO.